The van der Waals surface area contributed by atoms with Gasteiger partial charge in [-0.25, -0.2) is 14.2 Å². The number of ether oxygens (including phenoxy) is 2. The number of amides is 8. The number of halogens is 1. The molecular formula is C56H62FN9O13. The first-order valence-corrected chi connectivity index (χ1v) is 26.6. The van der Waals surface area contributed by atoms with E-state index in [1.807, 2.05) is 30.3 Å². The third kappa shape index (κ3) is 12.1. The Bertz CT molecular complexity index is 3230. The molecule has 0 unspecified atom stereocenters. The lowest BCUT2D eigenvalue weighted by atomic mass is 9.81. The molecule has 2 aromatic heterocycles. The number of unbranched alkanes of at least 4 members (excludes halogenated alkanes) is 2. The molecule has 0 spiro atoms. The quantitative estimate of drug-likeness (QED) is 0.0199. The summed E-state index contributed by atoms with van der Waals surface area (Å²) in [6.07, 6.45) is 5.74. The minimum absolute atomic E-state index is 0.0478. The molecule has 5 aliphatic rings. The number of carbonyl (C=O) groups is 9. The van der Waals surface area contributed by atoms with E-state index in [0.717, 1.165) is 16.0 Å². The van der Waals surface area contributed by atoms with Crippen molar-refractivity contribution in [1.82, 2.24) is 46.4 Å². The minimum atomic E-state index is -2.05. The second-order valence-electron chi connectivity index (χ2n) is 20.5. The van der Waals surface area contributed by atoms with Crippen molar-refractivity contribution in [3.8, 4) is 11.4 Å². The van der Waals surface area contributed by atoms with Crippen LogP contribution in [0.2, 0.25) is 0 Å². The van der Waals surface area contributed by atoms with E-state index in [1.165, 1.54) is 22.8 Å². The number of aryl methyl sites for hydroxylation is 2. The van der Waals surface area contributed by atoms with Crippen molar-refractivity contribution in [2.75, 3.05) is 32.9 Å². The van der Waals surface area contributed by atoms with E-state index in [0.29, 0.717) is 90.3 Å². The summed E-state index contributed by atoms with van der Waals surface area (Å²) in [5.74, 6) is -5.73. The molecule has 0 bridgehead atoms. The van der Waals surface area contributed by atoms with E-state index in [4.69, 9.17) is 14.5 Å². The predicted molar refractivity (Wildman–Crippen MR) is 279 cm³/mol. The third-order valence-corrected chi connectivity index (χ3v) is 15.3. The van der Waals surface area contributed by atoms with E-state index in [2.05, 4.69) is 31.9 Å². The van der Waals surface area contributed by atoms with Gasteiger partial charge in [0.1, 0.15) is 31.3 Å². The molecule has 1 saturated carbocycles. The normalized spacial score (nSPS) is 18.5. The number of hydrogen-bond donors (Lipinski definition) is 7. The van der Waals surface area contributed by atoms with Crippen LogP contribution >= 0.6 is 0 Å². The highest BCUT2D eigenvalue weighted by molar-refractivity contribution is 6.12. The Kier molecular flexibility index (Phi) is 16.8. The van der Waals surface area contributed by atoms with E-state index in [1.54, 1.807) is 19.9 Å². The SMILES string of the molecule is CC[C@@]1(O)C(=O)OCc2c1cc1n(c2=O)Cc2c-1nc1cc(F)c(C)c3c1c2[C@@H](NC(=O)[C@@H](OCNC(=O)CNC(=O)[C@H](CCc1ccccc1)NC(=O)CNC(=O)CNC(=O)CCCCCN1C(=O)C=CC1=O)C1CC1)CC3. The predicted octanol–water partition coefficient (Wildman–Crippen LogP) is 1.45. The average Bonchev–Trinajstić information content (AvgIpc) is 4.16. The second-order valence-corrected chi connectivity index (χ2v) is 20.5. The summed E-state index contributed by atoms with van der Waals surface area (Å²) in [6, 6.07) is 10.4. The van der Waals surface area contributed by atoms with Crippen LogP contribution in [-0.2, 0) is 84.2 Å². The molecular weight excluding hydrogens is 1030 g/mol. The fraction of sp³-hybridized carbons (Fsp3) is 0.446. The van der Waals surface area contributed by atoms with E-state index in [-0.39, 0.29) is 74.5 Å². The van der Waals surface area contributed by atoms with Gasteiger partial charge in [0, 0.05) is 47.7 Å². The van der Waals surface area contributed by atoms with Crippen LogP contribution in [0.5, 0.6) is 0 Å². The Morgan fingerprint density at radius 1 is 0.848 bits per heavy atom. The van der Waals surface area contributed by atoms with Crippen LogP contribution in [-0.4, -0.2) is 118 Å². The number of cyclic esters (lactones) is 1. The lowest BCUT2D eigenvalue weighted by molar-refractivity contribution is -0.172. The van der Waals surface area contributed by atoms with Gasteiger partial charge in [0.25, 0.3) is 17.4 Å². The zero-order chi connectivity index (χ0) is 56.1. The smallest absolute Gasteiger partial charge is 0.343 e. The summed E-state index contributed by atoms with van der Waals surface area (Å²) < 4.78 is 28.3. The number of aromatic nitrogens is 2. The summed E-state index contributed by atoms with van der Waals surface area (Å²) in [7, 11) is 0. The molecule has 23 heteroatoms. The van der Waals surface area contributed by atoms with E-state index < -0.39 is 96.2 Å². The van der Waals surface area contributed by atoms with Gasteiger partial charge < -0.3 is 51.0 Å². The van der Waals surface area contributed by atoms with Gasteiger partial charge in [-0.1, -0.05) is 43.7 Å². The number of hydrogen-bond acceptors (Lipinski definition) is 14. The summed E-state index contributed by atoms with van der Waals surface area (Å²) in [4.78, 5) is 135. The first kappa shape index (κ1) is 55.6. The molecule has 5 heterocycles. The molecule has 8 amide bonds. The lowest BCUT2D eigenvalue weighted by Gasteiger charge is -2.31. The molecule has 4 atom stereocenters. The van der Waals surface area contributed by atoms with Gasteiger partial charge in [-0.15, -0.1) is 0 Å². The third-order valence-electron chi connectivity index (χ3n) is 15.3. The molecule has 7 N–H and O–H groups in total. The number of nitrogens with one attached hydrogen (secondary N) is 6. The number of carbonyl (C=O) groups excluding carboxylic acids is 9. The maximum atomic E-state index is 15.5. The maximum Gasteiger partial charge on any atom is 0.343 e. The molecule has 0 radical (unpaired) electrons. The maximum absolute atomic E-state index is 15.5. The standard InChI is InChI=1S/C56H62FN9O13/c1-3-56(77)36-22-41-50-34(27-66(41)54(75)35(36)28-78-55(56)76)49-38(18-16-33-30(2)37(57)23-40(63-50)48(33)49)64-53(74)51(32-14-15-32)79-29-61-44(69)25-60-52(73)39(17-13-31-10-6-4-7-11-31)62-45(70)26-59-43(68)24-58-42(67)12-8-5-9-21-65-46(71)19-20-47(65)72/h4,6-7,10-11,19-20,22-23,32,38-39,51,77H,3,5,8-9,12-18,21,24-29H2,1-2H3,(H,58,67)(H,59,68)(H,60,73)(H,61,69)(H,62,70)(H,64,74)/t38-,39-,51-,56-/m0/s1. The van der Waals surface area contributed by atoms with Crippen molar-refractivity contribution in [1.29, 1.82) is 0 Å². The highest BCUT2D eigenvalue weighted by Gasteiger charge is 2.46. The molecule has 2 aromatic carbocycles. The number of fused-ring (bicyclic) bond motifs is 5. The molecule has 2 aliphatic carbocycles. The number of aliphatic hydroxyl groups is 1. The fourth-order valence-electron chi connectivity index (χ4n) is 10.7. The summed E-state index contributed by atoms with van der Waals surface area (Å²) in [5, 5.41) is 27.9. The topological polar surface area (TPSA) is 303 Å². The summed E-state index contributed by atoms with van der Waals surface area (Å²) in [5.41, 5.74) is 2.16. The Morgan fingerprint density at radius 3 is 2.29 bits per heavy atom. The van der Waals surface area contributed by atoms with E-state index >= 15 is 4.39 Å². The summed E-state index contributed by atoms with van der Waals surface area (Å²) >= 11 is 0. The summed E-state index contributed by atoms with van der Waals surface area (Å²) in [6.45, 7) is 1.48. The van der Waals surface area contributed by atoms with Gasteiger partial charge in [0.05, 0.1) is 54.7 Å². The number of rotatable bonds is 24. The van der Waals surface area contributed by atoms with Crippen molar-refractivity contribution in [3.63, 3.8) is 0 Å². The molecule has 79 heavy (non-hydrogen) atoms. The Hall–Kier alpha value is -8.18. The lowest BCUT2D eigenvalue weighted by Crippen LogP contribution is -2.51. The van der Waals surface area contributed by atoms with Crippen molar-refractivity contribution >= 4 is 64.1 Å². The molecule has 22 nitrogen and oxygen atoms in total. The van der Waals surface area contributed by atoms with E-state index in [9.17, 15) is 53.1 Å². The Balaban J connectivity index is 0.778. The first-order valence-electron chi connectivity index (χ1n) is 26.6. The van der Waals surface area contributed by atoms with Crippen LogP contribution in [0.4, 0.5) is 4.39 Å². The second kappa shape index (κ2) is 23.8. The van der Waals surface area contributed by atoms with Crippen molar-refractivity contribution in [3.05, 3.63) is 110 Å². The van der Waals surface area contributed by atoms with Gasteiger partial charge in [-0.05, 0) is 98.9 Å². The van der Waals surface area contributed by atoms with Gasteiger partial charge in [0.2, 0.25) is 35.4 Å². The monoisotopic (exact) mass is 1090 g/mol. The zero-order valence-corrected chi connectivity index (χ0v) is 43.8. The van der Waals surface area contributed by atoms with Crippen LogP contribution in [0.1, 0.15) is 110 Å². The van der Waals surface area contributed by atoms with Crippen LogP contribution in [0.15, 0.2) is 59.4 Å². The first-order chi connectivity index (χ1) is 37.9. The Labute approximate surface area is 452 Å². The molecule has 0 saturated heterocycles. The van der Waals surface area contributed by atoms with Crippen LogP contribution in [0.25, 0.3) is 22.3 Å². The minimum Gasteiger partial charge on any atom is -0.458 e. The zero-order valence-electron chi connectivity index (χ0n) is 43.8. The number of nitrogens with zero attached hydrogens (tertiary/aromatic N) is 3. The highest BCUT2D eigenvalue weighted by atomic mass is 19.1. The van der Waals surface area contributed by atoms with Gasteiger partial charge in [0.15, 0.2) is 5.60 Å². The molecule has 4 aromatic rings. The average molecular weight is 1090 g/mol. The van der Waals surface area contributed by atoms with Crippen LogP contribution < -0.4 is 37.5 Å². The molecule has 9 rings (SSSR count). The largest absolute Gasteiger partial charge is 0.458 e. The molecule has 416 valence electrons. The highest BCUT2D eigenvalue weighted by Crippen LogP contribution is 2.46. The number of imide groups is 1. The fourth-order valence-corrected chi connectivity index (χ4v) is 10.7. The number of pyridine rings is 2. The number of benzene rings is 2. The van der Waals surface area contributed by atoms with Crippen LogP contribution in [0, 0.1) is 18.7 Å². The van der Waals surface area contributed by atoms with Crippen molar-refractivity contribution < 1.29 is 62.1 Å². The van der Waals surface area contributed by atoms with Crippen LogP contribution in [0.3, 0.4) is 0 Å². The number of esters is 1. The molecule has 1 fully saturated rings. The van der Waals surface area contributed by atoms with Crippen molar-refractivity contribution in [2.45, 2.75) is 121 Å². The van der Waals surface area contributed by atoms with Gasteiger partial charge in [-0.3, -0.25) is 48.1 Å². The van der Waals surface area contributed by atoms with Gasteiger partial charge in [-0.2, -0.15) is 0 Å². The van der Waals surface area contributed by atoms with Gasteiger partial charge >= 0.3 is 5.97 Å². The Morgan fingerprint density at radius 2 is 1.56 bits per heavy atom. The van der Waals surface area contributed by atoms with Crippen molar-refractivity contribution in [2.24, 2.45) is 5.92 Å². The molecule has 3 aliphatic heterocycles.